The summed E-state index contributed by atoms with van der Waals surface area (Å²) in [6, 6.07) is 12.5. The zero-order chi connectivity index (χ0) is 14.7. The van der Waals surface area contributed by atoms with E-state index < -0.39 is 0 Å². The molecule has 0 radical (unpaired) electrons. The Labute approximate surface area is 124 Å². The molecule has 1 atom stereocenters. The van der Waals surface area contributed by atoms with E-state index in [1.165, 1.54) is 5.39 Å². The minimum absolute atomic E-state index is 0.187. The predicted molar refractivity (Wildman–Crippen MR) is 85.0 cm³/mol. The first-order chi connectivity index (χ1) is 10.2. The van der Waals surface area contributed by atoms with Crippen LogP contribution in [-0.4, -0.2) is 20.6 Å². The number of aromatic nitrogens is 3. The highest BCUT2D eigenvalue weighted by Crippen LogP contribution is 2.13. The number of hydrogen-bond acceptors (Lipinski definition) is 3. The van der Waals surface area contributed by atoms with E-state index in [0.717, 1.165) is 36.3 Å². The van der Waals surface area contributed by atoms with Crippen LogP contribution in [0.25, 0.3) is 10.9 Å². The maximum absolute atomic E-state index is 5.97. The molecule has 0 spiro atoms. The van der Waals surface area contributed by atoms with Gasteiger partial charge in [0.05, 0.1) is 29.8 Å². The number of imidazole rings is 1. The maximum atomic E-state index is 5.97. The van der Waals surface area contributed by atoms with Crippen LogP contribution in [0.4, 0.5) is 0 Å². The van der Waals surface area contributed by atoms with Crippen molar-refractivity contribution in [1.82, 2.24) is 14.5 Å². The first-order valence-corrected chi connectivity index (χ1v) is 7.35. The molecule has 2 N–H and O–H groups in total. The summed E-state index contributed by atoms with van der Waals surface area (Å²) in [5.74, 6) is 0. The Kier molecular flexibility index (Phi) is 3.97. The van der Waals surface area contributed by atoms with Crippen molar-refractivity contribution in [1.29, 1.82) is 0 Å². The highest BCUT2D eigenvalue weighted by atomic mass is 15.0. The molecule has 3 rings (SSSR count). The lowest BCUT2D eigenvalue weighted by Crippen LogP contribution is -2.21. The van der Waals surface area contributed by atoms with Crippen molar-refractivity contribution in [3.63, 3.8) is 0 Å². The topological polar surface area (TPSA) is 56.7 Å². The number of hydrogen-bond donors (Lipinski definition) is 1. The summed E-state index contributed by atoms with van der Waals surface area (Å²) in [5, 5.41) is 1.17. The van der Waals surface area contributed by atoms with Crippen molar-refractivity contribution in [3.8, 4) is 0 Å². The van der Waals surface area contributed by atoms with E-state index in [1.54, 1.807) is 0 Å². The number of fused-ring (bicyclic) bond motifs is 1. The molecule has 0 fully saturated rings. The van der Waals surface area contributed by atoms with Gasteiger partial charge in [0.1, 0.15) is 0 Å². The highest BCUT2D eigenvalue weighted by molar-refractivity contribution is 5.78. The standard InChI is InChI=1S/C17H20N4/c1-2-14(18)9-16-11-21(12-19-16)10-15-8-7-13-5-3-4-6-17(13)20-15/h3-8,11-12,14H,2,9-10,18H2,1H3. The lowest BCUT2D eigenvalue weighted by Gasteiger charge is -2.05. The van der Waals surface area contributed by atoms with E-state index in [0.29, 0.717) is 0 Å². The van der Waals surface area contributed by atoms with E-state index in [4.69, 9.17) is 5.73 Å². The van der Waals surface area contributed by atoms with Gasteiger partial charge in [-0.3, -0.25) is 4.98 Å². The molecule has 0 aliphatic carbocycles. The molecule has 1 aromatic carbocycles. The number of rotatable bonds is 5. The summed E-state index contributed by atoms with van der Waals surface area (Å²) in [6.07, 6.45) is 5.72. The van der Waals surface area contributed by atoms with Crippen LogP contribution in [0.15, 0.2) is 48.9 Å². The Morgan fingerprint density at radius 3 is 2.86 bits per heavy atom. The molecule has 2 heterocycles. The normalized spacial score (nSPS) is 12.7. The molecule has 108 valence electrons. The minimum Gasteiger partial charge on any atom is -0.331 e. The molecule has 21 heavy (non-hydrogen) atoms. The molecular weight excluding hydrogens is 260 g/mol. The van der Waals surface area contributed by atoms with Crippen LogP contribution in [0.1, 0.15) is 24.7 Å². The zero-order valence-corrected chi connectivity index (χ0v) is 12.2. The molecule has 1 unspecified atom stereocenters. The number of nitrogens with two attached hydrogens (primary N) is 1. The highest BCUT2D eigenvalue weighted by Gasteiger charge is 2.05. The third kappa shape index (κ3) is 3.28. The van der Waals surface area contributed by atoms with Gasteiger partial charge in [0.15, 0.2) is 0 Å². The number of para-hydroxylation sites is 1. The summed E-state index contributed by atoms with van der Waals surface area (Å²) in [4.78, 5) is 9.10. The monoisotopic (exact) mass is 280 g/mol. The van der Waals surface area contributed by atoms with Crippen LogP contribution >= 0.6 is 0 Å². The molecule has 0 saturated heterocycles. The van der Waals surface area contributed by atoms with Gasteiger partial charge in [-0.2, -0.15) is 0 Å². The van der Waals surface area contributed by atoms with Crippen molar-refractivity contribution in [3.05, 3.63) is 60.3 Å². The van der Waals surface area contributed by atoms with Crippen molar-refractivity contribution >= 4 is 10.9 Å². The van der Waals surface area contributed by atoms with Gasteiger partial charge in [-0.15, -0.1) is 0 Å². The third-order valence-corrected chi connectivity index (χ3v) is 3.68. The Hall–Kier alpha value is -2.20. The van der Waals surface area contributed by atoms with E-state index in [2.05, 4.69) is 45.9 Å². The molecule has 2 aromatic heterocycles. The lowest BCUT2D eigenvalue weighted by molar-refractivity contribution is 0.638. The van der Waals surface area contributed by atoms with E-state index in [1.807, 2.05) is 24.5 Å². The number of nitrogens with zero attached hydrogens (tertiary/aromatic N) is 3. The fraction of sp³-hybridized carbons (Fsp3) is 0.294. The third-order valence-electron chi connectivity index (χ3n) is 3.68. The van der Waals surface area contributed by atoms with Gasteiger partial charge in [0.25, 0.3) is 0 Å². The lowest BCUT2D eigenvalue weighted by atomic mass is 10.1. The average Bonchev–Trinajstić information content (AvgIpc) is 2.94. The van der Waals surface area contributed by atoms with E-state index in [9.17, 15) is 0 Å². The largest absolute Gasteiger partial charge is 0.331 e. The molecule has 0 aliphatic heterocycles. The van der Waals surface area contributed by atoms with Gasteiger partial charge < -0.3 is 10.3 Å². The SMILES string of the molecule is CCC(N)Cc1cn(Cc2ccc3ccccc3n2)cn1. The quantitative estimate of drug-likeness (QED) is 0.782. The zero-order valence-electron chi connectivity index (χ0n) is 12.2. The molecule has 4 nitrogen and oxygen atoms in total. The average molecular weight is 280 g/mol. The van der Waals surface area contributed by atoms with Crippen molar-refractivity contribution in [2.75, 3.05) is 0 Å². The van der Waals surface area contributed by atoms with Crippen LogP contribution in [-0.2, 0) is 13.0 Å². The van der Waals surface area contributed by atoms with Gasteiger partial charge in [0, 0.05) is 24.0 Å². The van der Waals surface area contributed by atoms with Crippen molar-refractivity contribution in [2.45, 2.75) is 32.4 Å². The van der Waals surface area contributed by atoms with Gasteiger partial charge >= 0.3 is 0 Å². The van der Waals surface area contributed by atoms with Gasteiger partial charge in [-0.05, 0) is 18.6 Å². The fourth-order valence-corrected chi connectivity index (χ4v) is 2.39. The number of benzene rings is 1. The molecule has 0 bridgehead atoms. The van der Waals surface area contributed by atoms with Crippen LogP contribution in [0, 0.1) is 0 Å². The molecule has 3 aromatic rings. The molecule has 0 aliphatic rings. The Balaban J connectivity index is 1.75. The van der Waals surface area contributed by atoms with E-state index in [-0.39, 0.29) is 6.04 Å². The second kappa shape index (κ2) is 6.06. The van der Waals surface area contributed by atoms with E-state index >= 15 is 0 Å². The van der Waals surface area contributed by atoms with Gasteiger partial charge in [-0.1, -0.05) is 31.2 Å². The molecule has 0 saturated carbocycles. The summed E-state index contributed by atoms with van der Waals surface area (Å²) in [7, 11) is 0. The fourth-order valence-electron chi connectivity index (χ4n) is 2.39. The molecule has 4 heteroatoms. The predicted octanol–water partition coefficient (Wildman–Crippen LogP) is 2.76. The Bertz CT molecular complexity index is 732. The van der Waals surface area contributed by atoms with Crippen LogP contribution in [0.3, 0.4) is 0 Å². The second-order valence-corrected chi connectivity index (χ2v) is 5.41. The van der Waals surface area contributed by atoms with Crippen LogP contribution in [0.2, 0.25) is 0 Å². The van der Waals surface area contributed by atoms with Crippen LogP contribution < -0.4 is 5.73 Å². The number of pyridine rings is 1. The molecule has 0 amide bonds. The smallest absolute Gasteiger partial charge is 0.0953 e. The Morgan fingerprint density at radius 2 is 2.00 bits per heavy atom. The first kappa shape index (κ1) is 13.8. The van der Waals surface area contributed by atoms with Crippen molar-refractivity contribution < 1.29 is 0 Å². The second-order valence-electron chi connectivity index (χ2n) is 5.41. The Morgan fingerprint density at radius 1 is 1.14 bits per heavy atom. The van der Waals surface area contributed by atoms with Crippen LogP contribution in [0.5, 0.6) is 0 Å². The maximum Gasteiger partial charge on any atom is 0.0953 e. The van der Waals surface area contributed by atoms with Gasteiger partial charge in [0.2, 0.25) is 0 Å². The molecular formula is C17H20N4. The summed E-state index contributed by atoms with van der Waals surface area (Å²) >= 11 is 0. The minimum atomic E-state index is 0.187. The van der Waals surface area contributed by atoms with Gasteiger partial charge in [-0.25, -0.2) is 4.98 Å². The first-order valence-electron chi connectivity index (χ1n) is 7.35. The van der Waals surface area contributed by atoms with Crippen molar-refractivity contribution in [2.24, 2.45) is 5.73 Å². The summed E-state index contributed by atoms with van der Waals surface area (Å²) in [6.45, 7) is 2.83. The summed E-state index contributed by atoms with van der Waals surface area (Å²) < 4.78 is 2.06. The summed E-state index contributed by atoms with van der Waals surface area (Å²) in [5.41, 5.74) is 9.08.